The molecule has 2 aromatic carbocycles. The Bertz CT molecular complexity index is 692. The molecule has 6 heteroatoms. The number of anilines is 1. The molecule has 2 aromatic rings. The Morgan fingerprint density at radius 1 is 1.17 bits per heavy atom. The van der Waals surface area contributed by atoms with Crippen LogP contribution >= 0.6 is 35.6 Å². The fraction of sp³-hybridized carbons (Fsp3) is 0.278. The minimum Gasteiger partial charge on any atom is -0.399 e. The number of para-hydroxylation sites is 1. The molecular formula is C18H21Cl3N2O. The Hall–Kier alpha value is -1.42. The van der Waals surface area contributed by atoms with Gasteiger partial charge in [-0.15, -0.1) is 12.4 Å². The van der Waals surface area contributed by atoms with E-state index in [2.05, 4.69) is 5.32 Å². The summed E-state index contributed by atoms with van der Waals surface area (Å²) in [7, 11) is 0. The summed E-state index contributed by atoms with van der Waals surface area (Å²) < 4.78 is 0. The highest BCUT2D eigenvalue weighted by Gasteiger charge is 2.11. The first kappa shape index (κ1) is 20.6. The molecule has 0 aliphatic carbocycles. The van der Waals surface area contributed by atoms with E-state index in [4.69, 9.17) is 28.9 Å². The maximum absolute atomic E-state index is 12.1. The molecule has 0 aromatic heterocycles. The van der Waals surface area contributed by atoms with Crippen LogP contribution in [0, 0.1) is 0 Å². The largest absolute Gasteiger partial charge is 0.399 e. The average molecular weight is 388 g/mol. The van der Waals surface area contributed by atoms with Crippen LogP contribution in [-0.2, 0) is 17.6 Å². The average Bonchev–Trinajstić information content (AvgIpc) is 2.49. The lowest BCUT2D eigenvalue weighted by atomic mass is 10.1. The predicted molar refractivity (Wildman–Crippen MR) is 104 cm³/mol. The molecule has 24 heavy (non-hydrogen) atoms. The van der Waals surface area contributed by atoms with Crippen LogP contribution in [0.4, 0.5) is 5.69 Å². The number of nitrogens with two attached hydrogens (primary N) is 1. The lowest BCUT2D eigenvalue weighted by Gasteiger charge is -2.15. The van der Waals surface area contributed by atoms with Crippen LogP contribution in [0.1, 0.15) is 24.5 Å². The second-order valence-corrected chi connectivity index (χ2v) is 6.45. The van der Waals surface area contributed by atoms with E-state index < -0.39 is 0 Å². The third-order valence-electron chi connectivity index (χ3n) is 3.63. The molecule has 0 heterocycles. The first-order valence-electron chi connectivity index (χ1n) is 7.52. The summed E-state index contributed by atoms with van der Waals surface area (Å²) in [4.78, 5) is 12.1. The van der Waals surface area contributed by atoms with E-state index >= 15 is 0 Å². The van der Waals surface area contributed by atoms with Crippen molar-refractivity contribution in [3.63, 3.8) is 0 Å². The lowest BCUT2D eigenvalue weighted by Crippen LogP contribution is -2.34. The van der Waals surface area contributed by atoms with Gasteiger partial charge >= 0.3 is 0 Å². The predicted octanol–water partition coefficient (Wildman–Crippen LogP) is 4.68. The van der Waals surface area contributed by atoms with E-state index in [9.17, 15) is 4.79 Å². The van der Waals surface area contributed by atoms with E-state index in [0.717, 1.165) is 16.8 Å². The quantitative estimate of drug-likeness (QED) is 0.707. The first-order valence-corrected chi connectivity index (χ1v) is 8.28. The number of hydrogen-bond acceptors (Lipinski definition) is 2. The monoisotopic (exact) mass is 386 g/mol. The number of aryl methyl sites for hydroxylation is 1. The Kier molecular flexibility index (Phi) is 8.40. The van der Waals surface area contributed by atoms with Crippen LogP contribution in [0.15, 0.2) is 42.5 Å². The maximum Gasteiger partial charge on any atom is 0.220 e. The summed E-state index contributed by atoms with van der Waals surface area (Å²) in [5.41, 5.74) is 8.57. The molecule has 0 aliphatic heterocycles. The molecule has 1 unspecified atom stereocenters. The third-order valence-corrected chi connectivity index (χ3v) is 4.21. The molecule has 1 amide bonds. The fourth-order valence-electron chi connectivity index (χ4n) is 2.43. The molecule has 0 spiro atoms. The second-order valence-electron chi connectivity index (χ2n) is 5.61. The molecule has 3 nitrogen and oxygen atoms in total. The summed E-state index contributed by atoms with van der Waals surface area (Å²) in [6, 6.07) is 13.0. The van der Waals surface area contributed by atoms with E-state index in [-0.39, 0.29) is 24.4 Å². The molecule has 0 fully saturated rings. The summed E-state index contributed by atoms with van der Waals surface area (Å²) in [6.45, 7) is 1.96. The highest BCUT2D eigenvalue weighted by Crippen LogP contribution is 2.22. The molecule has 1 atom stereocenters. The van der Waals surface area contributed by atoms with Gasteiger partial charge in [-0.1, -0.05) is 47.5 Å². The normalized spacial score (nSPS) is 11.5. The second kappa shape index (κ2) is 9.77. The van der Waals surface area contributed by atoms with E-state index in [1.165, 1.54) is 0 Å². The molecule has 0 saturated carbocycles. The van der Waals surface area contributed by atoms with E-state index in [0.29, 0.717) is 29.3 Å². The smallest absolute Gasteiger partial charge is 0.220 e. The summed E-state index contributed by atoms with van der Waals surface area (Å²) in [5, 5.41) is 4.22. The number of amides is 1. The van der Waals surface area contributed by atoms with Crippen LogP contribution in [-0.4, -0.2) is 11.9 Å². The molecule has 130 valence electrons. The minimum absolute atomic E-state index is 0. The first-order chi connectivity index (χ1) is 11.0. The third kappa shape index (κ3) is 6.23. The van der Waals surface area contributed by atoms with Crippen LogP contribution < -0.4 is 11.1 Å². The van der Waals surface area contributed by atoms with Crippen molar-refractivity contribution in [1.29, 1.82) is 0 Å². The topological polar surface area (TPSA) is 55.1 Å². The van der Waals surface area contributed by atoms with Crippen molar-refractivity contribution in [3.8, 4) is 0 Å². The van der Waals surface area contributed by atoms with Crippen molar-refractivity contribution in [2.45, 2.75) is 32.2 Å². The van der Waals surface area contributed by atoms with Crippen molar-refractivity contribution < 1.29 is 4.79 Å². The summed E-state index contributed by atoms with van der Waals surface area (Å²) in [6.07, 6.45) is 1.70. The van der Waals surface area contributed by atoms with Crippen molar-refractivity contribution >= 4 is 47.2 Å². The van der Waals surface area contributed by atoms with Gasteiger partial charge in [0.1, 0.15) is 0 Å². The van der Waals surface area contributed by atoms with Gasteiger partial charge in [0.05, 0.1) is 0 Å². The Morgan fingerprint density at radius 2 is 1.88 bits per heavy atom. The zero-order valence-corrected chi connectivity index (χ0v) is 15.7. The highest BCUT2D eigenvalue weighted by atomic mass is 35.5. The van der Waals surface area contributed by atoms with Gasteiger partial charge in [-0.05, 0) is 49.1 Å². The number of nitrogens with one attached hydrogen (secondary N) is 1. The van der Waals surface area contributed by atoms with Crippen molar-refractivity contribution in [2.24, 2.45) is 0 Å². The van der Waals surface area contributed by atoms with Gasteiger partial charge in [-0.3, -0.25) is 4.79 Å². The van der Waals surface area contributed by atoms with Crippen LogP contribution in [0.2, 0.25) is 10.0 Å². The van der Waals surface area contributed by atoms with E-state index in [1.807, 2.05) is 37.3 Å². The summed E-state index contributed by atoms with van der Waals surface area (Å²) in [5.74, 6) is 0.00541. The molecule has 0 saturated heterocycles. The van der Waals surface area contributed by atoms with Gasteiger partial charge < -0.3 is 11.1 Å². The minimum atomic E-state index is -0.00528. The molecule has 3 N–H and O–H groups in total. The number of carbonyl (C=O) groups excluding carboxylic acids is 1. The maximum atomic E-state index is 12.1. The Labute approximate surface area is 158 Å². The lowest BCUT2D eigenvalue weighted by molar-refractivity contribution is -0.121. The zero-order valence-electron chi connectivity index (χ0n) is 13.4. The molecule has 0 aliphatic rings. The fourth-order valence-corrected chi connectivity index (χ4v) is 2.91. The highest BCUT2D eigenvalue weighted by molar-refractivity contribution is 6.35. The standard InChI is InChI=1S/C18H20Cl2N2O.ClH/c1-12(10-14-6-8-15(19)11-16(14)20)22-18(23)9-7-13-4-2-3-5-17(13)21;/h2-6,8,11-12H,7,9-10,21H2,1H3,(H,22,23);1H. The Balaban J connectivity index is 0.00000288. The van der Waals surface area contributed by atoms with Gasteiger partial charge in [0.25, 0.3) is 0 Å². The van der Waals surface area contributed by atoms with Crippen LogP contribution in [0.25, 0.3) is 0 Å². The number of carbonyl (C=O) groups is 1. The number of benzene rings is 2. The molecule has 0 radical (unpaired) electrons. The van der Waals surface area contributed by atoms with Crippen molar-refractivity contribution in [2.75, 3.05) is 5.73 Å². The zero-order chi connectivity index (χ0) is 16.8. The van der Waals surface area contributed by atoms with Crippen molar-refractivity contribution in [3.05, 3.63) is 63.6 Å². The molecule has 0 bridgehead atoms. The molecular weight excluding hydrogens is 367 g/mol. The number of nitrogen functional groups attached to an aromatic ring is 1. The van der Waals surface area contributed by atoms with Gasteiger partial charge in [-0.25, -0.2) is 0 Å². The summed E-state index contributed by atoms with van der Waals surface area (Å²) >= 11 is 12.0. The van der Waals surface area contributed by atoms with Gasteiger partial charge in [-0.2, -0.15) is 0 Å². The number of halogens is 3. The van der Waals surface area contributed by atoms with E-state index in [1.54, 1.807) is 12.1 Å². The van der Waals surface area contributed by atoms with Crippen LogP contribution in [0.3, 0.4) is 0 Å². The van der Waals surface area contributed by atoms with Crippen LogP contribution in [0.5, 0.6) is 0 Å². The molecule has 2 rings (SSSR count). The van der Waals surface area contributed by atoms with Gasteiger partial charge in [0.2, 0.25) is 5.91 Å². The van der Waals surface area contributed by atoms with Gasteiger partial charge in [0, 0.05) is 28.2 Å². The number of hydrogen-bond donors (Lipinski definition) is 2. The number of rotatable bonds is 6. The Morgan fingerprint density at radius 3 is 2.54 bits per heavy atom. The van der Waals surface area contributed by atoms with Crippen molar-refractivity contribution in [1.82, 2.24) is 5.32 Å². The SMILES string of the molecule is CC(Cc1ccc(Cl)cc1Cl)NC(=O)CCc1ccccc1N.Cl. The van der Waals surface area contributed by atoms with Gasteiger partial charge in [0.15, 0.2) is 0 Å².